The van der Waals surface area contributed by atoms with Crippen LogP contribution in [0.2, 0.25) is 10.0 Å². The van der Waals surface area contributed by atoms with Crippen LogP contribution in [0.25, 0.3) is 0 Å². The molecule has 0 aliphatic heterocycles. The summed E-state index contributed by atoms with van der Waals surface area (Å²) in [5.41, 5.74) is 3.99. The van der Waals surface area contributed by atoms with Gasteiger partial charge in [0.1, 0.15) is 6.04 Å². The van der Waals surface area contributed by atoms with Crippen LogP contribution in [0.5, 0.6) is 0 Å². The van der Waals surface area contributed by atoms with E-state index in [1.165, 1.54) is 19.3 Å². The van der Waals surface area contributed by atoms with Gasteiger partial charge in [-0.05, 0) is 38.5 Å². The average molecular weight is 517 g/mol. The van der Waals surface area contributed by atoms with Crippen molar-refractivity contribution in [3.05, 3.63) is 80.3 Å². The Morgan fingerprint density at radius 3 is 2.14 bits per heavy atom. The van der Waals surface area contributed by atoms with Gasteiger partial charge < -0.3 is 20.3 Å². The lowest BCUT2D eigenvalue weighted by Crippen LogP contribution is -2.42. The number of nitrogens with zero attached hydrogens (tertiary/aromatic N) is 2. The third kappa shape index (κ3) is 5.83. The normalized spacial score (nSPS) is 11.7. The fraction of sp³-hybridized carbons (Fsp3) is 0.280. The van der Waals surface area contributed by atoms with Gasteiger partial charge in [-0.2, -0.15) is 0 Å². The molecule has 2 heterocycles. The number of anilines is 1. The number of ketones is 1. The van der Waals surface area contributed by atoms with Crippen molar-refractivity contribution in [3.63, 3.8) is 0 Å². The molecule has 35 heavy (non-hydrogen) atoms. The number of amides is 1. The Bertz CT molecular complexity index is 1270. The molecule has 3 rings (SSSR count). The number of carbonyl (C=O) groups excluding carboxylic acids is 2. The molecule has 3 aromatic rings. The van der Waals surface area contributed by atoms with Crippen LogP contribution >= 0.6 is 23.2 Å². The Balaban J connectivity index is 1.71. The lowest BCUT2D eigenvalue weighted by atomic mass is 10.0. The molecule has 10 heteroatoms. The van der Waals surface area contributed by atoms with E-state index in [0.717, 1.165) is 16.8 Å². The summed E-state index contributed by atoms with van der Waals surface area (Å²) in [7, 11) is 1.76. The number of aliphatic carboxylic acids is 1. The Labute approximate surface area is 213 Å². The maximum absolute atomic E-state index is 13.0. The minimum absolute atomic E-state index is 0.0730. The van der Waals surface area contributed by atoms with Crippen molar-refractivity contribution >= 4 is 46.5 Å². The lowest BCUT2D eigenvalue weighted by Gasteiger charge is -2.16. The first kappa shape index (κ1) is 26.2. The first-order valence-corrected chi connectivity index (χ1v) is 11.6. The van der Waals surface area contributed by atoms with E-state index >= 15 is 0 Å². The summed E-state index contributed by atoms with van der Waals surface area (Å²) in [6.45, 7) is 5.25. The van der Waals surface area contributed by atoms with E-state index in [4.69, 9.17) is 23.2 Å². The fourth-order valence-electron chi connectivity index (χ4n) is 3.88. The van der Waals surface area contributed by atoms with Crippen LogP contribution in [-0.2, 0) is 24.8 Å². The van der Waals surface area contributed by atoms with Gasteiger partial charge >= 0.3 is 5.97 Å². The summed E-state index contributed by atoms with van der Waals surface area (Å²) < 4.78 is 1.75. The van der Waals surface area contributed by atoms with Gasteiger partial charge in [0.15, 0.2) is 5.78 Å². The molecule has 0 fully saturated rings. The van der Waals surface area contributed by atoms with Crippen molar-refractivity contribution in [2.45, 2.75) is 39.8 Å². The fourth-order valence-corrected chi connectivity index (χ4v) is 4.38. The largest absolute Gasteiger partial charge is 0.480 e. The molecule has 8 nitrogen and oxygen atoms in total. The Kier molecular flexibility index (Phi) is 8.19. The molecule has 1 aromatic carbocycles. The average Bonchev–Trinajstić information content (AvgIpc) is 3.03. The van der Waals surface area contributed by atoms with Crippen molar-refractivity contribution in [1.82, 2.24) is 14.9 Å². The molecule has 184 valence electrons. The third-order valence-electron chi connectivity index (χ3n) is 5.98. The summed E-state index contributed by atoms with van der Waals surface area (Å²) in [5.74, 6) is -2.01. The second-order valence-electron chi connectivity index (χ2n) is 8.24. The molecule has 0 saturated carbocycles. The molecule has 0 unspecified atom stereocenters. The first-order valence-electron chi connectivity index (χ1n) is 10.8. The van der Waals surface area contributed by atoms with Crippen molar-refractivity contribution in [3.8, 4) is 0 Å². The van der Waals surface area contributed by atoms with E-state index in [1.807, 2.05) is 0 Å². The second-order valence-corrected chi connectivity index (χ2v) is 9.05. The van der Waals surface area contributed by atoms with Crippen LogP contribution in [0.15, 0.2) is 36.7 Å². The van der Waals surface area contributed by atoms with E-state index in [1.54, 1.807) is 49.7 Å². The molecule has 0 spiro atoms. The number of hydrogen-bond donors (Lipinski definition) is 3. The monoisotopic (exact) mass is 516 g/mol. The molecule has 2 aromatic heterocycles. The molecule has 1 atom stereocenters. The van der Waals surface area contributed by atoms with Gasteiger partial charge in [0.2, 0.25) is 0 Å². The van der Waals surface area contributed by atoms with Crippen molar-refractivity contribution in [1.29, 1.82) is 0 Å². The maximum atomic E-state index is 13.0. The number of carbonyl (C=O) groups is 3. The zero-order valence-electron chi connectivity index (χ0n) is 19.8. The van der Waals surface area contributed by atoms with Crippen LogP contribution < -0.4 is 10.6 Å². The van der Waals surface area contributed by atoms with Gasteiger partial charge in [0.05, 0.1) is 21.2 Å². The molecule has 0 radical (unpaired) electrons. The zero-order chi connectivity index (χ0) is 25.9. The Hall–Kier alpha value is -3.36. The summed E-state index contributed by atoms with van der Waals surface area (Å²) in [4.78, 5) is 41.0. The van der Waals surface area contributed by atoms with Gasteiger partial charge in [0.25, 0.3) is 5.91 Å². The highest BCUT2D eigenvalue weighted by Gasteiger charge is 2.28. The van der Waals surface area contributed by atoms with Gasteiger partial charge in [-0.25, -0.2) is 4.79 Å². The highest BCUT2D eigenvalue weighted by Crippen LogP contribution is 2.25. The third-order valence-corrected chi connectivity index (χ3v) is 6.63. The van der Waals surface area contributed by atoms with E-state index in [2.05, 4.69) is 15.6 Å². The molecule has 1 amide bonds. The summed E-state index contributed by atoms with van der Waals surface area (Å²) in [5, 5.41) is 16.4. The van der Waals surface area contributed by atoms with E-state index in [0.29, 0.717) is 33.5 Å². The Morgan fingerprint density at radius 1 is 1.03 bits per heavy atom. The minimum atomic E-state index is -1.17. The van der Waals surface area contributed by atoms with Gasteiger partial charge in [-0.15, -0.1) is 0 Å². The number of hydrogen-bond acceptors (Lipinski definition) is 5. The standard InChI is InChI=1S/C25H26Cl2N4O4/c1-13-22(15(3)32)23(14(2)31(13)4)24(33)30-21(25(34)35)9-16-5-7-17(8-6-16)29-10-18-19(26)11-28-12-20(18)27/h5-8,11-12,21,29H,9-10H2,1-4H3,(H,30,33)(H,34,35)/t21-/m0/s1. The van der Waals surface area contributed by atoms with Gasteiger partial charge in [-0.1, -0.05) is 35.3 Å². The van der Waals surface area contributed by atoms with E-state index < -0.39 is 17.9 Å². The number of halogens is 2. The quantitative estimate of drug-likeness (QED) is 0.358. The summed E-state index contributed by atoms with van der Waals surface area (Å²) in [6.07, 6.45) is 3.11. The topological polar surface area (TPSA) is 113 Å². The number of nitrogens with one attached hydrogen (secondary N) is 2. The van der Waals surface area contributed by atoms with Crippen LogP contribution in [0.3, 0.4) is 0 Å². The number of benzene rings is 1. The van der Waals surface area contributed by atoms with Gasteiger partial charge in [0, 0.05) is 55.0 Å². The molecule has 0 bridgehead atoms. The van der Waals surface area contributed by atoms with Crippen molar-refractivity contribution in [2.24, 2.45) is 7.05 Å². The molecule has 0 saturated heterocycles. The number of carboxylic acids is 1. The van der Waals surface area contributed by atoms with Crippen LogP contribution in [-0.4, -0.2) is 38.4 Å². The number of aromatic nitrogens is 2. The smallest absolute Gasteiger partial charge is 0.326 e. The summed E-state index contributed by atoms with van der Waals surface area (Å²) in [6, 6.07) is 5.99. The van der Waals surface area contributed by atoms with Crippen LogP contribution in [0.4, 0.5) is 5.69 Å². The number of rotatable bonds is 9. The second kappa shape index (κ2) is 10.9. The molecule has 0 aliphatic carbocycles. The summed E-state index contributed by atoms with van der Waals surface area (Å²) >= 11 is 12.3. The highest BCUT2D eigenvalue weighted by molar-refractivity contribution is 6.35. The lowest BCUT2D eigenvalue weighted by molar-refractivity contribution is -0.139. The predicted molar refractivity (Wildman–Crippen MR) is 136 cm³/mol. The zero-order valence-corrected chi connectivity index (χ0v) is 21.3. The molecule has 0 aliphatic rings. The predicted octanol–water partition coefficient (Wildman–Crippen LogP) is 4.58. The van der Waals surface area contributed by atoms with E-state index in [-0.39, 0.29) is 17.8 Å². The number of Topliss-reactive ketones (excluding diaryl/α,β-unsaturated/α-hetero) is 1. The van der Waals surface area contributed by atoms with E-state index in [9.17, 15) is 19.5 Å². The maximum Gasteiger partial charge on any atom is 0.326 e. The molecular weight excluding hydrogens is 491 g/mol. The first-order chi connectivity index (χ1) is 16.5. The number of carboxylic acid groups (broad SMARTS) is 1. The highest BCUT2D eigenvalue weighted by atomic mass is 35.5. The van der Waals surface area contributed by atoms with Crippen LogP contribution in [0, 0.1) is 13.8 Å². The van der Waals surface area contributed by atoms with Crippen molar-refractivity contribution < 1.29 is 19.5 Å². The van der Waals surface area contributed by atoms with Gasteiger partial charge in [-0.3, -0.25) is 14.6 Å². The molecule has 3 N–H and O–H groups in total. The Morgan fingerprint density at radius 2 is 1.60 bits per heavy atom. The SMILES string of the molecule is CC(=O)c1c(C(=O)N[C@@H](Cc2ccc(NCc3c(Cl)cncc3Cl)cc2)C(=O)O)c(C)n(C)c1C. The minimum Gasteiger partial charge on any atom is -0.480 e. The van der Waals surface area contributed by atoms with Crippen LogP contribution in [0.1, 0.15) is 50.2 Å². The number of pyridine rings is 1. The van der Waals surface area contributed by atoms with Crippen molar-refractivity contribution in [2.75, 3.05) is 5.32 Å². The molecular formula is C25H26Cl2N4O4.